The van der Waals surface area contributed by atoms with Crippen molar-refractivity contribution in [3.05, 3.63) is 58.6 Å². The molecule has 2 aromatic rings. The van der Waals surface area contributed by atoms with E-state index in [0.29, 0.717) is 16.7 Å². The average Bonchev–Trinajstić information content (AvgIpc) is 2.49. The summed E-state index contributed by atoms with van der Waals surface area (Å²) in [7, 11) is 3.59. The zero-order valence-electron chi connectivity index (χ0n) is 12.9. The highest BCUT2D eigenvalue weighted by molar-refractivity contribution is 7.80. The number of para-hydroxylation sites is 1. The molecule has 0 amide bonds. The first kappa shape index (κ1) is 16.6. The number of benzene rings is 2. The van der Waals surface area contributed by atoms with Crippen LogP contribution < -0.4 is 10.1 Å². The minimum absolute atomic E-state index is 0.613. The summed E-state index contributed by atoms with van der Waals surface area (Å²) >= 11 is 11.5. The molecular formula is C17H19ClN2OS. The molecule has 2 aromatic carbocycles. The van der Waals surface area contributed by atoms with Crippen LogP contribution in [0.5, 0.6) is 5.75 Å². The van der Waals surface area contributed by atoms with Gasteiger partial charge in [-0.05, 0) is 49.0 Å². The number of halogens is 1. The molecule has 0 aromatic heterocycles. The third-order valence-corrected chi connectivity index (χ3v) is 4.03. The van der Waals surface area contributed by atoms with E-state index in [9.17, 15) is 0 Å². The molecule has 0 aliphatic heterocycles. The quantitative estimate of drug-likeness (QED) is 0.833. The van der Waals surface area contributed by atoms with E-state index in [1.807, 2.05) is 61.3 Å². The van der Waals surface area contributed by atoms with Crippen LogP contribution in [0.2, 0.25) is 5.02 Å². The van der Waals surface area contributed by atoms with E-state index in [0.717, 1.165) is 22.6 Å². The number of thiocarbonyl (C=S) groups is 1. The molecule has 5 heteroatoms. The minimum Gasteiger partial charge on any atom is -0.496 e. The van der Waals surface area contributed by atoms with E-state index in [1.165, 1.54) is 0 Å². The lowest BCUT2D eigenvalue weighted by molar-refractivity contribution is 0.399. The molecule has 0 spiro atoms. The van der Waals surface area contributed by atoms with Gasteiger partial charge >= 0.3 is 0 Å². The van der Waals surface area contributed by atoms with Gasteiger partial charge in [0, 0.05) is 29.9 Å². The van der Waals surface area contributed by atoms with Crippen molar-refractivity contribution in [1.29, 1.82) is 0 Å². The first-order valence-corrected chi connectivity index (χ1v) is 7.70. The third-order valence-electron chi connectivity index (χ3n) is 3.38. The van der Waals surface area contributed by atoms with Crippen molar-refractivity contribution in [2.24, 2.45) is 0 Å². The lowest BCUT2D eigenvalue weighted by Crippen LogP contribution is -2.30. The summed E-state index contributed by atoms with van der Waals surface area (Å²) in [6.45, 7) is 2.66. The van der Waals surface area contributed by atoms with Gasteiger partial charge in [-0.25, -0.2) is 0 Å². The van der Waals surface area contributed by atoms with Crippen molar-refractivity contribution >= 4 is 34.6 Å². The number of rotatable bonds is 4. The van der Waals surface area contributed by atoms with Gasteiger partial charge in [-0.3, -0.25) is 0 Å². The number of ether oxygens (including phenoxy) is 1. The molecule has 0 heterocycles. The smallest absolute Gasteiger partial charge is 0.173 e. The van der Waals surface area contributed by atoms with Crippen LogP contribution in [0.25, 0.3) is 0 Å². The van der Waals surface area contributed by atoms with Gasteiger partial charge in [0.25, 0.3) is 0 Å². The summed E-state index contributed by atoms with van der Waals surface area (Å²) in [4.78, 5) is 1.95. The van der Waals surface area contributed by atoms with E-state index in [4.69, 9.17) is 28.6 Å². The molecule has 0 unspecified atom stereocenters. The molecule has 0 aliphatic carbocycles. The Morgan fingerprint density at radius 2 is 2.00 bits per heavy atom. The fraction of sp³-hybridized carbons (Fsp3) is 0.235. The molecule has 3 nitrogen and oxygen atoms in total. The zero-order chi connectivity index (χ0) is 16.1. The average molecular weight is 335 g/mol. The molecule has 0 atom stereocenters. The number of anilines is 1. The van der Waals surface area contributed by atoms with Crippen LogP contribution in [0.15, 0.2) is 42.5 Å². The van der Waals surface area contributed by atoms with Crippen LogP contribution in [0, 0.1) is 6.92 Å². The van der Waals surface area contributed by atoms with Crippen LogP contribution in [-0.2, 0) is 6.54 Å². The number of nitrogens with one attached hydrogen (secondary N) is 1. The monoisotopic (exact) mass is 334 g/mol. The van der Waals surface area contributed by atoms with Crippen molar-refractivity contribution in [2.75, 3.05) is 19.5 Å². The van der Waals surface area contributed by atoms with Gasteiger partial charge in [-0.1, -0.05) is 29.8 Å². The lowest BCUT2D eigenvalue weighted by atomic mass is 10.2. The third kappa shape index (κ3) is 4.12. The largest absolute Gasteiger partial charge is 0.496 e. The van der Waals surface area contributed by atoms with Crippen LogP contribution in [-0.4, -0.2) is 24.2 Å². The Balaban J connectivity index is 2.09. The minimum atomic E-state index is 0.613. The number of aryl methyl sites for hydroxylation is 1. The maximum atomic E-state index is 6.06. The van der Waals surface area contributed by atoms with Gasteiger partial charge in [-0.15, -0.1) is 0 Å². The second-order valence-corrected chi connectivity index (χ2v) is 5.88. The van der Waals surface area contributed by atoms with Crippen LogP contribution in [0.1, 0.15) is 11.1 Å². The first-order chi connectivity index (χ1) is 10.5. The zero-order valence-corrected chi connectivity index (χ0v) is 14.5. The Labute approximate surface area is 141 Å². The van der Waals surface area contributed by atoms with Gasteiger partial charge in [0.15, 0.2) is 5.11 Å². The molecule has 116 valence electrons. The Morgan fingerprint density at radius 3 is 2.68 bits per heavy atom. The maximum Gasteiger partial charge on any atom is 0.173 e. The predicted molar refractivity (Wildman–Crippen MR) is 96.9 cm³/mol. The standard InChI is InChI=1S/C17H19ClN2OS/c1-12-6-4-5-7-15(12)19-17(22)20(2)11-13-10-14(18)8-9-16(13)21-3/h4-10H,11H2,1-3H3,(H,19,22). The molecule has 0 fully saturated rings. The summed E-state index contributed by atoms with van der Waals surface area (Å²) in [6, 6.07) is 13.6. The summed E-state index contributed by atoms with van der Waals surface area (Å²) in [5, 5.41) is 4.60. The Hall–Kier alpha value is -1.78. The Kier molecular flexibility index (Phi) is 5.63. The fourth-order valence-electron chi connectivity index (χ4n) is 2.12. The molecule has 0 aliphatic rings. The molecule has 0 saturated heterocycles. The van der Waals surface area contributed by atoms with Crippen LogP contribution in [0.4, 0.5) is 5.69 Å². The first-order valence-electron chi connectivity index (χ1n) is 6.91. The highest BCUT2D eigenvalue weighted by Crippen LogP contribution is 2.24. The van der Waals surface area contributed by atoms with Crippen molar-refractivity contribution in [1.82, 2.24) is 4.90 Å². The fourth-order valence-corrected chi connectivity index (χ4v) is 2.49. The second-order valence-electron chi connectivity index (χ2n) is 5.06. The SMILES string of the molecule is COc1ccc(Cl)cc1CN(C)C(=S)Nc1ccccc1C. The normalized spacial score (nSPS) is 10.2. The van der Waals surface area contributed by atoms with E-state index >= 15 is 0 Å². The molecule has 0 radical (unpaired) electrons. The van der Waals surface area contributed by atoms with E-state index in [-0.39, 0.29) is 0 Å². The summed E-state index contributed by atoms with van der Waals surface area (Å²) in [6.07, 6.45) is 0. The highest BCUT2D eigenvalue weighted by Gasteiger charge is 2.10. The molecule has 0 saturated carbocycles. The number of methoxy groups -OCH3 is 1. The van der Waals surface area contributed by atoms with Crippen LogP contribution in [0.3, 0.4) is 0 Å². The molecule has 0 bridgehead atoms. The molecule has 22 heavy (non-hydrogen) atoms. The number of hydrogen-bond acceptors (Lipinski definition) is 2. The molecule has 2 rings (SSSR count). The predicted octanol–water partition coefficient (Wildman–Crippen LogP) is 4.49. The summed E-state index contributed by atoms with van der Waals surface area (Å²) in [5.41, 5.74) is 3.16. The highest BCUT2D eigenvalue weighted by atomic mass is 35.5. The second kappa shape index (κ2) is 7.47. The Morgan fingerprint density at radius 1 is 1.27 bits per heavy atom. The van der Waals surface area contributed by atoms with Gasteiger partial charge in [0.05, 0.1) is 7.11 Å². The molecule has 1 N–H and O–H groups in total. The van der Waals surface area contributed by atoms with E-state index in [2.05, 4.69) is 5.32 Å². The summed E-state index contributed by atoms with van der Waals surface area (Å²) in [5.74, 6) is 0.801. The number of hydrogen-bond donors (Lipinski definition) is 1. The Bertz CT molecular complexity index is 675. The van der Waals surface area contributed by atoms with E-state index < -0.39 is 0 Å². The number of nitrogens with zero attached hydrogens (tertiary/aromatic N) is 1. The van der Waals surface area contributed by atoms with Crippen molar-refractivity contribution in [3.63, 3.8) is 0 Å². The maximum absolute atomic E-state index is 6.06. The van der Waals surface area contributed by atoms with Gasteiger partial charge in [0.2, 0.25) is 0 Å². The lowest BCUT2D eigenvalue weighted by Gasteiger charge is -2.23. The van der Waals surface area contributed by atoms with Crippen molar-refractivity contribution in [2.45, 2.75) is 13.5 Å². The van der Waals surface area contributed by atoms with Crippen molar-refractivity contribution < 1.29 is 4.74 Å². The van der Waals surface area contributed by atoms with Crippen LogP contribution >= 0.6 is 23.8 Å². The van der Waals surface area contributed by atoms with Gasteiger partial charge in [-0.2, -0.15) is 0 Å². The summed E-state index contributed by atoms with van der Waals surface area (Å²) < 4.78 is 5.37. The van der Waals surface area contributed by atoms with Gasteiger partial charge in [0.1, 0.15) is 5.75 Å². The van der Waals surface area contributed by atoms with E-state index in [1.54, 1.807) is 7.11 Å². The molecular weight excluding hydrogens is 316 g/mol. The van der Waals surface area contributed by atoms with Gasteiger partial charge < -0.3 is 15.0 Å². The van der Waals surface area contributed by atoms with Crippen molar-refractivity contribution in [3.8, 4) is 5.75 Å². The topological polar surface area (TPSA) is 24.5 Å².